The average molecular weight is 304 g/mol. The monoisotopic (exact) mass is 304 g/mol. The predicted molar refractivity (Wildman–Crippen MR) is 84.7 cm³/mol. The number of carbonyl (C=O) groups excluding carboxylic acids is 2. The molecule has 2 atom stereocenters. The molecule has 22 heavy (non-hydrogen) atoms. The second kappa shape index (κ2) is 6.81. The van der Waals surface area contributed by atoms with Gasteiger partial charge in [-0.05, 0) is 6.07 Å². The number of hydrogen-bond donors (Lipinski definition) is 0. The molecule has 1 aromatic rings. The zero-order valence-corrected chi connectivity index (χ0v) is 13.7. The van der Waals surface area contributed by atoms with E-state index in [2.05, 4.69) is 6.92 Å². The van der Waals surface area contributed by atoms with Gasteiger partial charge in [-0.15, -0.1) is 0 Å². The van der Waals surface area contributed by atoms with Crippen molar-refractivity contribution in [2.75, 3.05) is 27.2 Å². The van der Waals surface area contributed by atoms with Crippen molar-refractivity contribution in [2.24, 2.45) is 5.92 Å². The van der Waals surface area contributed by atoms with Crippen molar-refractivity contribution in [3.05, 3.63) is 29.8 Å². The van der Waals surface area contributed by atoms with E-state index in [1.54, 1.807) is 23.8 Å². The SMILES string of the molecule is CC(=O)N(C)C[C@H]1Oc2ccccc2CC(=O)N(C)C[C@@H]1C. The van der Waals surface area contributed by atoms with Gasteiger partial charge in [-0.3, -0.25) is 9.59 Å². The summed E-state index contributed by atoms with van der Waals surface area (Å²) in [5.74, 6) is 0.957. The van der Waals surface area contributed by atoms with Crippen LogP contribution in [0, 0.1) is 5.92 Å². The molecular formula is C17H24N2O3. The molecular weight excluding hydrogens is 280 g/mol. The second-order valence-corrected chi connectivity index (χ2v) is 6.09. The molecule has 120 valence electrons. The van der Waals surface area contributed by atoms with Crippen molar-refractivity contribution in [2.45, 2.75) is 26.4 Å². The maximum absolute atomic E-state index is 12.3. The molecule has 2 amide bonds. The van der Waals surface area contributed by atoms with E-state index in [0.717, 1.165) is 11.3 Å². The van der Waals surface area contributed by atoms with Gasteiger partial charge in [0.1, 0.15) is 11.9 Å². The van der Waals surface area contributed by atoms with Gasteiger partial charge in [0.05, 0.1) is 13.0 Å². The fourth-order valence-electron chi connectivity index (χ4n) is 2.61. The van der Waals surface area contributed by atoms with Gasteiger partial charge in [-0.25, -0.2) is 0 Å². The number of amides is 2. The lowest BCUT2D eigenvalue weighted by Gasteiger charge is -2.30. The molecule has 0 saturated carbocycles. The highest BCUT2D eigenvalue weighted by atomic mass is 16.5. The van der Waals surface area contributed by atoms with Gasteiger partial charge in [-0.1, -0.05) is 25.1 Å². The van der Waals surface area contributed by atoms with Crippen molar-refractivity contribution in [3.63, 3.8) is 0 Å². The lowest BCUT2D eigenvalue weighted by atomic mass is 10.0. The van der Waals surface area contributed by atoms with Crippen LogP contribution in [0.4, 0.5) is 0 Å². The van der Waals surface area contributed by atoms with E-state index in [0.29, 0.717) is 19.5 Å². The Bertz CT molecular complexity index is 559. The molecule has 1 aromatic carbocycles. The van der Waals surface area contributed by atoms with Crippen molar-refractivity contribution in [3.8, 4) is 5.75 Å². The third kappa shape index (κ3) is 3.78. The highest BCUT2D eigenvalue weighted by molar-refractivity contribution is 5.79. The Hall–Kier alpha value is -2.04. The maximum atomic E-state index is 12.3. The van der Waals surface area contributed by atoms with Crippen LogP contribution in [0.2, 0.25) is 0 Å². The smallest absolute Gasteiger partial charge is 0.226 e. The van der Waals surface area contributed by atoms with Gasteiger partial charge in [0.15, 0.2) is 0 Å². The van der Waals surface area contributed by atoms with Gasteiger partial charge in [0, 0.05) is 39.0 Å². The zero-order valence-electron chi connectivity index (χ0n) is 13.7. The quantitative estimate of drug-likeness (QED) is 0.833. The normalized spacial score (nSPS) is 22.0. The largest absolute Gasteiger partial charge is 0.488 e. The van der Waals surface area contributed by atoms with Crippen LogP contribution in [0.3, 0.4) is 0 Å². The summed E-state index contributed by atoms with van der Waals surface area (Å²) in [4.78, 5) is 27.2. The molecule has 0 fully saturated rings. The first-order chi connectivity index (χ1) is 10.4. The van der Waals surface area contributed by atoms with E-state index in [9.17, 15) is 9.59 Å². The molecule has 0 saturated heterocycles. The van der Waals surface area contributed by atoms with Crippen LogP contribution in [0.5, 0.6) is 5.75 Å². The van der Waals surface area contributed by atoms with Crippen LogP contribution >= 0.6 is 0 Å². The lowest BCUT2D eigenvalue weighted by Crippen LogP contribution is -2.43. The first-order valence-corrected chi connectivity index (χ1v) is 7.58. The molecule has 0 radical (unpaired) electrons. The molecule has 0 aliphatic carbocycles. The topological polar surface area (TPSA) is 49.9 Å². The molecule has 0 bridgehead atoms. The molecule has 1 aliphatic heterocycles. The maximum Gasteiger partial charge on any atom is 0.226 e. The van der Waals surface area contributed by atoms with Crippen LogP contribution in [-0.2, 0) is 16.0 Å². The Balaban J connectivity index is 2.30. The Labute approximate surface area is 131 Å². The number of hydrogen-bond acceptors (Lipinski definition) is 3. The van der Waals surface area contributed by atoms with Gasteiger partial charge >= 0.3 is 0 Å². The number of likely N-dealkylation sites (N-methyl/N-ethyl adjacent to an activating group) is 2. The summed E-state index contributed by atoms with van der Waals surface area (Å²) in [5.41, 5.74) is 0.893. The van der Waals surface area contributed by atoms with Gasteiger partial charge in [0.2, 0.25) is 11.8 Å². The van der Waals surface area contributed by atoms with Crippen LogP contribution in [0.25, 0.3) is 0 Å². The molecule has 1 aliphatic rings. The summed E-state index contributed by atoms with van der Waals surface area (Å²) in [7, 11) is 3.59. The van der Waals surface area contributed by atoms with Crippen LogP contribution < -0.4 is 4.74 Å². The number of rotatable bonds is 2. The van der Waals surface area contributed by atoms with E-state index in [4.69, 9.17) is 4.74 Å². The number of benzene rings is 1. The van der Waals surface area contributed by atoms with Crippen LogP contribution in [-0.4, -0.2) is 54.9 Å². The van der Waals surface area contributed by atoms with Gasteiger partial charge in [0.25, 0.3) is 0 Å². The molecule has 0 unspecified atom stereocenters. The van der Waals surface area contributed by atoms with E-state index < -0.39 is 0 Å². The predicted octanol–water partition coefficient (Wildman–Crippen LogP) is 1.56. The van der Waals surface area contributed by atoms with E-state index in [1.165, 1.54) is 0 Å². The Morgan fingerprint density at radius 1 is 1.41 bits per heavy atom. The standard InChI is InChI=1S/C17H24N2O3/c1-12-10-19(4)17(21)9-14-7-5-6-8-15(14)22-16(12)11-18(3)13(2)20/h5-8,12,16H,9-11H2,1-4H3/t12-,16+/m0/s1. The van der Waals surface area contributed by atoms with Crippen molar-refractivity contribution in [1.82, 2.24) is 9.80 Å². The molecule has 1 heterocycles. The fraction of sp³-hybridized carbons (Fsp3) is 0.529. The van der Waals surface area contributed by atoms with Crippen molar-refractivity contribution < 1.29 is 14.3 Å². The third-order valence-electron chi connectivity index (χ3n) is 4.21. The van der Waals surface area contributed by atoms with Crippen LogP contribution in [0.15, 0.2) is 24.3 Å². The molecule has 5 nitrogen and oxygen atoms in total. The minimum absolute atomic E-state index is 0.00777. The zero-order chi connectivity index (χ0) is 16.3. The third-order valence-corrected chi connectivity index (χ3v) is 4.21. The van der Waals surface area contributed by atoms with Gasteiger partial charge in [-0.2, -0.15) is 0 Å². The first-order valence-electron chi connectivity index (χ1n) is 7.58. The fourth-order valence-corrected chi connectivity index (χ4v) is 2.61. The number of fused-ring (bicyclic) bond motifs is 1. The van der Waals surface area contributed by atoms with Crippen LogP contribution in [0.1, 0.15) is 19.4 Å². The summed E-state index contributed by atoms with van der Waals surface area (Å²) >= 11 is 0. The Morgan fingerprint density at radius 3 is 2.77 bits per heavy atom. The lowest BCUT2D eigenvalue weighted by molar-refractivity contribution is -0.131. The first kappa shape index (κ1) is 16.3. The molecule has 5 heteroatoms. The summed E-state index contributed by atoms with van der Waals surface area (Å²) in [6, 6.07) is 7.62. The second-order valence-electron chi connectivity index (χ2n) is 6.09. The number of para-hydroxylation sites is 1. The van der Waals surface area contributed by atoms with Crippen molar-refractivity contribution in [1.29, 1.82) is 0 Å². The summed E-state index contributed by atoms with van der Waals surface area (Å²) in [5, 5.41) is 0. The van der Waals surface area contributed by atoms with E-state index in [-0.39, 0.29) is 23.8 Å². The highest BCUT2D eigenvalue weighted by Crippen LogP contribution is 2.25. The van der Waals surface area contributed by atoms with Gasteiger partial charge < -0.3 is 14.5 Å². The summed E-state index contributed by atoms with van der Waals surface area (Å²) in [6.07, 6.45) is 0.192. The minimum Gasteiger partial charge on any atom is -0.488 e. The Kier molecular flexibility index (Phi) is 5.06. The van der Waals surface area contributed by atoms with E-state index >= 15 is 0 Å². The number of ether oxygens (including phenoxy) is 1. The average Bonchev–Trinajstić information content (AvgIpc) is 2.50. The van der Waals surface area contributed by atoms with Crippen molar-refractivity contribution >= 4 is 11.8 Å². The number of carbonyl (C=O) groups is 2. The van der Waals surface area contributed by atoms with E-state index in [1.807, 2.05) is 31.3 Å². The summed E-state index contributed by atoms with van der Waals surface area (Å²) < 4.78 is 6.17. The molecule has 0 aromatic heterocycles. The summed E-state index contributed by atoms with van der Waals surface area (Å²) in [6.45, 7) is 4.72. The Morgan fingerprint density at radius 2 is 2.09 bits per heavy atom. The highest BCUT2D eigenvalue weighted by Gasteiger charge is 2.27. The molecule has 0 N–H and O–H groups in total. The molecule has 2 rings (SSSR count). The number of nitrogens with zero attached hydrogens (tertiary/aromatic N) is 2. The minimum atomic E-state index is -0.150. The molecule has 0 spiro atoms.